The van der Waals surface area contributed by atoms with E-state index in [-0.39, 0.29) is 5.78 Å². The summed E-state index contributed by atoms with van der Waals surface area (Å²) in [7, 11) is 0. The Hall–Kier alpha value is -4.50. The maximum absolute atomic E-state index is 12.3. The number of ketones is 1. The van der Waals surface area contributed by atoms with Crippen LogP contribution < -0.4 is 0 Å². The van der Waals surface area contributed by atoms with Crippen LogP contribution in [0.1, 0.15) is 41.5 Å². The van der Waals surface area contributed by atoms with Crippen molar-refractivity contribution in [3.05, 3.63) is 156 Å². The molecule has 0 atom stereocenters. The van der Waals surface area contributed by atoms with Crippen LogP contribution in [0.15, 0.2) is 133 Å². The highest BCUT2D eigenvalue weighted by Crippen LogP contribution is 2.41. The molecule has 1 fully saturated rings. The fourth-order valence-corrected chi connectivity index (χ4v) is 5.57. The molecule has 37 heavy (non-hydrogen) atoms. The molecule has 5 aromatic rings. The summed E-state index contributed by atoms with van der Waals surface area (Å²) >= 11 is 0. The molecule has 0 radical (unpaired) electrons. The van der Waals surface area contributed by atoms with E-state index in [0.29, 0.717) is 6.42 Å². The van der Waals surface area contributed by atoms with Crippen molar-refractivity contribution < 1.29 is 4.79 Å². The number of carbonyl (C=O) groups is 1. The van der Waals surface area contributed by atoms with Gasteiger partial charge in [-0.1, -0.05) is 115 Å². The van der Waals surface area contributed by atoms with Gasteiger partial charge in [-0.25, -0.2) is 4.98 Å². The minimum absolute atomic E-state index is 0.261. The summed E-state index contributed by atoms with van der Waals surface area (Å²) in [5.41, 5.74) is 6.71. The van der Waals surface area contributed by atoms with Crippen LogP contribution in [0.5, 0.6) is 0 Å². The molecular formula is C34H28N2O. The summed E-state index contributed by atoms with van der Waals surface area (Å²) in [5.74, 6) is 0.261. The minimum Gasteiger partial charge on any atom is -0.318 e. The number of hydrogen-bond donors (Lipinski definition) is 0. The quantitative estimate of drug-likeness (QED) is 0.186. The summed E-state index contributed by atoms with van der Waals surface area (Å²) < 4.78 is 2.23. The standard InChI is InChI=1S/C34H28N2O/c37-33-22-12-14-27(33)23-26-13-10-11-21-31(26)32-24-36(25-35-32)34(28-15-4-1-5-16-28,29-17-6-2-7-18-29)30-19-8-3-9-20-30/h1-11,13,15-21,23-25H,12,14,22H2/b27-23+. The van der Waals surface area contributed by atoms with Gasteiger partial charge < -0.3 is 4.57 Å². The van der Waals surface area contributed by atoms with Gasteiger partial charge in [-0.3, -0.25) is 4.79 Å². The fourth-order valence-electron chi connectivity index (χ4n) is 5.57. The maximum atomic E-state index is 12.3. The van der Waals surface area contributed by atoms with Gasteiger partial charge >= 0.3 is 0 Å². The Morgan fingerprint density at radius 3 is 1.76 bits per heavy atom. The molecule has 180 valence electrons. The summed E-state index contributed by atoms with van der Waals surface area (Å²) in [5, 5.41) is 0. The van der Waals surface area contributed by atoms with E-state index in [2.05, 4.69) is 120 Å². The first kappa shape index (κ1) is 22.9. The molecule has 1 heterocycles. The topological polar surface area (TPSA) is 34.9 Å². The highest BCUT2D eigenvalue weighted by molar-refractivity contribution is 6.02. The van der Waals surface area contributed by atoms with Gasteiger partial charge in [0.1, 0.15) is 5.54 Å². The highest BCUT2D eigenvalue weighted by atomic mass is 16.1. The predicted molar refractivity (Wildman–Crippen MR) is 149 cm³/mol. The molecule has 3 nitrogen and oxygen atoms in total. The molecule has 0 bridgehead atoms. The average Bonchev–Trinajstić information content (AvgIpc) is 3.61. The third-order valence-corrected chi connectivity index (χ3v) is 7.32. The van der Waals surface area contributed by atoms with E-state index < -0.39 is 5.54 Å². The van der Waals surface area contributed by atoms with Gasteiger partial charge in [0.25, 0.3) is 0 Å². The van der Waals surface area contributed by atoms with E-state index in [1.165, 1.54) is 0 Å². The number of Topliss-reactive ketones (excluding diaryl/α,β-unsaturated/α-hetero) is 1. The van der Waals surface area contributed by atoms with Gasteiger partial charge in [-0.05, 0) is 46.7 Å². The second-order valence-corrected chi connectivity index (χ2v) is 9.51. The first-order valence-electron chi connectivity index (χ1n) is 12.8. The molecule has 0 unspecified atom stereocenters. The molecule has 1 aromatic heterocycles. The van der Waals surface area contributed by atoms with Crippen molar-refractivity contribution in [3.63, 3.8) is 0 Å². The van der Waals surface area contributed by atoms with E-state index in [0.717, 1.165) is 51.9 Å². The molecule has 0 N–H and O–H groups in total. The Bertz CT molecular complexity index is 1450. The molecule has 1 aliphatic carbocycles. The summed E-state index contributed by atoms with van der Waals surface area (Å²) in [6.07, 6.45) is 8.57. The van der Waals surface area contributed by atoms with Crippen LogP contribution in [0.3, 0.4) is 0 Å². The number of imidazole rings is 1. The lowest BCUT2D eigenvalue weighted by Crippen LogP contribution is -2.36. The van der Waals surface area contributed by atoms with Gasteiger partial charge in [0.05, 0.1) is 12.0 Å². The zero-order valence-electron chi connectivity index (χ0n) is 20.6. The molecule has 3 heteroatoms. The lowest BCUT2D eigenvalue weighted by molar-refractivity contribution is -0.114. The number of hydrogen-bond acceptors (Lipinski definition) is 2. The number of carbonyl (C=O) groups excluding carboxylic acids is 1. The van der Waals surface area contributed by atoms with Crippen molar-refractivity contribution in [2.24, 2.45) is 0 Å². The Kier molecular flexibility index (Phi) is 6.11. The molecule has 0 aliphatic heterocycles. The largest absolute Gasteiger partial charge is 0.318 e. The predicted octanol–water partition coefficient (Wildman–Crippen LogP) is 7.53. The minimum atomic E-state index is -0.607. The fraction of sp³-hybridized carbons (Fsp3) is 0.118. The number of nitrogens with zero attached hydrogens (tertiary/aromatic N) is 2. The Labute approximate surface area is 217 Å². The van der Waals surface area contributed by atoms with E-state index >= 15 is 0 Å². The van der Waals surface area contributed by atoms with Crippen molar-refractivity contribution in [3.8, 4) is 11.3 Å². The van der Waals surface area contributed by atoms with E-state index in [4.69, 9.17) is 4.98 Å². The summed E-state index contributed by atoms with van der Waals surface area (Å²) in [6.45, 7) is 0. The zero-order chi connectivity index (χ0) is 25.1. The number of rotatable bonds is 6. The van der Waals surface area contributed by atoms with Crippen LogP contribution >= 0.6 is 0 Å². The van der Waals surface area contributed by atoms with Crippen molar-refractivity contribution in [1.29, 1.82) is 0 Å². The van der Waals surface area contributed by atoms with Gasteiger partial charge in [0.2, 0.25) is 0 Å². The van der Waals surface area contributed by atoms with Crippen LogP contribution in [0.25, 0.3) is 17.3 Å². The molecule has 6 rings (SSSR count). The third kappa shape index (κ3) is 4.13. The number of allylic oxidation sites excluding steroid dienone is 1. The van der Waals surface area contributed by atoms with Crippen molar-refractivity contribution in [2.75, 3.05) is 0 Å². The smallest absolute Gasteiger partial charge is 0.158 e. The summed E-state index contributed by atoms with van der Waals surface area (Å²) in [4.78, 5) is 17.3. The van der Waals surface area contributed by atoms with E-state index in [1.807, 2.05) is 18.5 Å². The lowest BCUT2D eigenvalue weighted by Gasteiger charge is -2.37. The van der Waals surface area contributed by atoms with Crippen LogP contribution in [0, 0.1) is 0 Å². The first-order chi connectivity index (χ1) is 18.3. The monoisotopic (exact) mass is 480 g/mol. The molecular weight excluding hydrogens is 452 g/mol. The molecule has 0 spiro atoms. The van der Waals surface area contributed by atoms with Crippen molar-refractivity contribution >= 4 is 11.9 Å². The Morgan fingerprint density at radius 1 is 0.676 bits per heavy atom. The lowest BCUT2D eigenvalue weighted by atomic mass is 9.77. The van der Waals surface area contributed by atoms with Gasteiger partial charge in [0.15, 0.2) is 5.78 Å². The van der Waals surface area contributed by atoms with Crippen molar-refractivity contribution in [2.45, 2.75) is 24.8 Å². The number of aromatic nitrogens is 2. The maximum Gasteiger partial charge on any atom is 0.158 e. The second-order valence-electron chi connectivity index (χ2n) is 9.51. The van der Waals surface area contributed by atoms with Crippen LogP contribution in [0.2, 0.25) is 0 Å². The molecule has 0 saturated heterocycles. The van der Waals surface area contributed by atoms with Gasteiger partial charge in [0, 0.05) is 18.2 Å². The van der Waals surface area contributed by atoms with Crippen LogP contribution in [-0.2, 0) is 10.3 Å². The highest BCUT2D eigenvalue weighted by Gasteiger charge is 2.38. The number of benzene rings is 4. The van der Waals surface area contributed by atoms with Crippen molar-refractivity contribution in [1.82, 2.24) is 9.55 Å². The summed E-state index contributed by atoms with van der Waals surface area (Å²) in [6, 6.07) is 40.0. The SMILES string of the molecule is O=C1CCC/C1=C\c1ccccc1-c1cn(C(c2ccccc2)(c2ccccc2)c2ccccc2)cn1. The van der Waals surface area contributed by atoms with E-state index in [9.17, 15) is 4.79 Å². The molecule has 0 amide bonds. The zero-order valence-corrected chi connectivity index (χ0v) is 20.6. The molecule has 4 aromatic carbocycles. The van der Waals surface area contributed by atoms with Crippen LogP contribution in [0.4, 0.5) is 0 Å². The second kappa shape index (κ2) is 9.87. The average molecular weight is 481 g/mol. The Balaban J connectivity index is 1.57. The van der Waals surface area contributed by atoms with Crippen LogP contribution in [-0.4, -0.2) is 15.3 Å². The van der Waals surface area contributed by atoms with Gasteiger partial charge in [-0.2, -0.15) is 0 Å². The third-order valence-electron chi connectivity index (χ3n) is 7.32. The van der Waals surface area contributed by atoms with E-state index in [1.54, 1.807) is 0 Å². The molecule has 1 aliphatic rings. The first-order valence-corrected chi connectivity index (χ1v) is 12.8. The normalized spacial score (nSPS) is 14.8. The van der Waals surface area contributed by atoms with Gasteiger partial charge in [-0.15, -0.1) is 0 Å². The molecule has 1 saturated carbocycles. The Morgan fingerprint density at radius 2 is 1.22 bits per heavy atom.